The molecule has 0 bridgehead atoms. The highest BCUT2D eigenvalue weighted by Crippen LogP contribution is 2.65. The summed E-state index contributed by atoms with van der Waals surface area (Å²) in [4.78, 5) is 12.0. The minimum absolute atomic E-state index is 0.105. The minimum Gasteiger partial charge on any atom is -0.393 e. The van der Waals surface area contributed by atoms with E-state index >= 15 is 0 Å². The monoisotopic (exact) mass is 300 g/mol. The van der Waals surface area contributed by atoms with Gasteiger partial charge in [-0.2, -0.15) is 0 Å². The summed E-state index contributed by atoms with van der Waals surface area (Å²) in [5.41, 5.74) is 2.46. The van der Waals surface area contributed by atoms with E-state index in [0.717, 1.165) is 37.2 Å². The lowest BCUT2D eigenvalue weighted by molar-refractivity contribution is -0.113. The molecular formula is C20H28O2. The fourth-order valence-corrected chi connectivity index (χ4v) is 6.57. The number of ketones is 1. The Hall–Kier alpha value is -0.890. The van der Waals surface area contributed by atoms with Crippen LogP contribution in [0.15, 0.2) is 23.8 Å². The smallest absolute Gasteiger partial charge is 0.181 e. The molecule has 0 aromatic rings. The van der Waals surface area contributed by atoms with Crippen molar-refractivity contribution in [3.8, 4) is 0 Å². The number of carbonyl (C=O) groups is 1. The van der Waals surface area contributed by atoms with Crippen LogP contribution in [0.5, 0.6) is 0 Å². The van der Waals surface area contributed by atoms with Gasteiger partial charge in [-0.3, -0.25) is 4.79 Å². The van der Waals surface area contributed by atoms with Crippen LogP contribution in [0.2, 0.25) is 0 Å². The van der Waals surface area contributed by atoms with Crippen molar-refractivity contribution in [1.82, 2.24) is 0 Å². The Labute approximate surface area is 133 Å². The van der Waals surface area contributed by atoms with Gasteiger partial charge in [-0.25, -0.2) is 0 Å². The van der Waals surface area contributed by atoms with Crippen LogP contribution in [-0.2, 0) is 4.79 Å². The standard InChI is InChI=1S/C20H28O2/c1-12-11-20(3)13(10-17(12)21)4-5-14-15-6-7-18(22)19(15,2)9-8-16(14)20/h10,14-16,18,22H,1,4-9,11H2,2-3H3/t14-,15-,16-,18+,19-,20-/m0/s1. The van der Waals surface area contributed by atoms with Gasteiger partial charge in [-0.1, -0.05) is 26.0 Å². The third-order valence-corrected chi connectivity index (χ3v) is 7.92. The summed E-state index contributed by atoms with van der Waals surface area (Å²) in [5.74, 6) is 2.22. The number of aliphatic hydroxyl groups excluding tert-OH is 1. The number of hydrogen-bond donors (Lipinski definition) is 1. The first-order valence-corrected chi connectivity index (χ1v) is 8.97. The summed E-state index contributed by atoms with van der Waals surface area (Å²) >= 11 is 0. The first-order valence-electron chi connectivity index (χ1n) is 8.97. The lowest BCUT2D eigenvalue weighted by atomic mass is 9.47. The van der Waals surface area contributed by atoms with Crippen LogP contribution in [0.1, 0.15) is 58.8 Å². The van der Waals surface area contributed by atoms with Crippen LogP contribution in [0.3, 0.4) is 0 Å². The Morgan fingerprint density at radius 1 is 1.18 bits per heavy atom. The average Bonchev–Trinajstić information content (AvgIpc) is 2.77. The molecule has 0 spiro atoms. The molecule has 0 aromatic heterocycles. The van der Waals surface area contributed by atoms with E-state index in [1.807, 2.05) is 6.08 Å². The van der Waals surface area contributed by atoms with Gasteiger partial charge in [0.2, 0.25) is 0 Å². The van der Waals surface area contributed by atoms with Crippen LogP contribution < -0.4 is 0 Å². The highest BCUT2D eigenvalue weighted by molar-refractivity contribution is 6.05. The largest absolute Gasteiger partial charge is 0.393 e. The van der Waals surface area contributed by atoms with Gasteiger partial charge in [0.25, 0.3) is 0 Å². The number of hydrogen-bond acceptors (Lipinski definition) is 2. The van der Waals surface area contributed by atoms with E-state index in [4.69, 9.17) is 0 Å². The molecule has 0 aromatic carbocycles. The van der Waals surface area contributed by atoms with Crippen molar-refractivity contribution in [1.29, 1.82) is 0 Å². The van der Waals surface area contributed by atoms with Gasteiger partial charge >= 0.3 is 0 Å². The molecule has 6 atom stereocenters. The second-order valence-corrected chi connectivity index (χ2v) is 8.78. The molecule has 22 heavy (non-hydrogen) atoms. The van der Waals surface area contributed by atoms with Gasteiger partial charge < -0.3 is 5.11 Å². The topological polar surface area (TPSA) is 37.3 Å². The molecule has 2 heteroatoms. The van der Waals surface area contributed by atoms with E-state index in [1.165, 1.54) is 24.8 Å². The predicted octanol–water partition coefficient (Wildman–Crippen LogP) is 4.05. The Balaban J connectivity index is 1.71. The maximum Gasteiger partial charge on any atom is 0.181 e. The molecular weight excluding hydrogens is 272 g/mol. The lowest BCUT2D eigenvalue weighted by Crippen LogP contribution is -2.51. The van der Waals surface area contributed by atoms with Crippen LogP contribution in [0.4, 0.5) is 0 Å². The molecule has 3 saturated carbocycles. The third kappa shape index (κ3) is 1.73. The predicted molar refractivity (Wildman–Crippen MR) is 87.2 cm³/mol. The second-order valence-electron chi connectivity index (χ2n) is 8.78. The zero-order valence-corrected chi connectivity index (χ0v) is 13.9. The van der Waals surface area contributed by atoms with Gasteiger partial charge in [0.15, 0.2) is 5.78 Å². The normalized spacial score (nSPS) is 51.0. The Bertz CT molecular complexity index is 574. The molecule has 0 unspecified atom stereocenters. The third-order valence-electron chi connectivity index (χ3n) is 7.92. The maximum absolute atomic E-state index is 12.0. The van der Waals surface area contributed by atoms with Crippen LogP contribution in [0.25, 0.3) is 0 Å². The zero-order valence-electron chi connectivity index (χ0n) is 13.9. The molecule has 4 aliphatic carbocycles. The highest BCUT2D eigenvalue weighted by Gasteiger charge is 2.58. The second kappa shape index (κ2) is 4.56. The van der Waals surface area contributed by atoms with E-state index in [0.29, 0.717) is 11.8 Å². The van der Waals surface area contributed by atoms with Crippen molar-refractivity contribution in [3.05, 3.63) is 23.8 Å². The van der Waals surface area contributed by atoms with Gasteiger partial charge in [0.1, 0.15) is 0 Å². The van der Waals surface area contributed by atoms with Gasteiger partial charge in [0.05, 0.1) is 6.10 Å². The van der Waals surface area contributed by atoms with Crippen LogP contribution >= 0.6 is 0 Å². The number of fused-ring (bicyclic) bond motifs is 5. The molecule has 4 rings (SSSR count). The quantitative estimate of drug-likeness (QED) is 0.685. The lowest BCUT2D eigenvalue weighted by Gasteiger charge is -2.57. The molecule has 4 aliphatic rings. The fraction of sp³-hybridized carbons (Fsp3) is 0.750. The van der Waals surface area contributed by atoms with E-state index in [2.05, 4.69) is 20.4 Å². The number of rotatable bonds is 0. The summed E-state index contributed by atoms with van der Waals surface area (Å²) in [7, 11) is 0. The molecule has 2 nitrogen and oxygen atoms in total. The summed E-state index contributed by atoms with van der Waals surface area (Å²) in [6.45, 7) is 8.73. The van der Waals surface area contributed by atoms with Crippen molar-refractivity contribution < 1.29 is 9.90 Å². The molecule has 0 saturated heterocycles. The zero-order chi connectivity index (χ0) is 15.7. The van der Waals surface area contributed by atoms with Gasteiger partial charge in [0, 0.05) is 0 Å². The van der Waals surface area contributed by atoms with Crippen molar-refractivity contribution in [3.63, 3.8) is 0 Å². The Morgan fingerprint density at radius 2 is 1.95 bits per heavy atom. The van der Waals surface area contributed by atoms with Crippen molar-refractivity contribution in [2.75, 3.05) is 0 Å². The van der Waals surface area contributed by atoms with E-state index < -0.39 is 0 Å². The molecule has 0 heterocycles. The molecule has 0 radical (unpaired) electrons. The number of allylic oxidation sites excluding steroid dienone is 2. The molecule has 3 fully saturated rings. The van der Waals surface area contributed by atoms with Gasteiger partial charge in [-0.15, -0.1) is 0 Å². The summed E-state index contributed by atoms with van der Waals surface area (Å²) in [6, 6.07) is 0. The summed E-state index contributed by atoms with van der Waals surface area (Å²) in [6.07, 6.45) is 9.43. The first-order chi connectivity index (χ1) is 10.4. The van der Waals surface area contributed by atoms with Crippen molar-refractivity contribution in [2.24, 2.45) is 28.6 Å². The fourth-order valence-electron chi connectivity index (χ4n) is 6.57. The highest BCUT2D eigenvalue weighted by atomic mass is 16.3. The summed E-state index contributed by atoms with van der Waals surface area (Å²) < 4.78 is 0. The Morgan fingerprint density at radius 3 is 2.73 bits per heavy atom. The number of aliphatic hydroxyl groups is 1. The SMILES string of the molecule is C=C1C[C@@]2(C)C(=CC1=O)CC[C@H]1[C@@H]3CC[C@@H](O)[C@@]3(C)CC[C@@H]12. The minimum atomic E-state index is -0.105. The van der Waals surface area contributed by atoms with E-state index in [-0.39, 0.29) is 22.7 Å². The van der Waals surface area contributed by atoms with Crippen molar-refractivity contribution in [2.45, 2.75) is 64.9 Å². The van der Waals surface area contributed by atoms with Crippen LogP contribution in [0, 0.1) is 28.6 Å². The average molecular weight is 300 g/mol. The van der Waals surface area contributed by atoms with E-state index in [1.54, 1.807) is 0 Å². The molecule has 0 amide bonds. The molecule has 0 aliphatic heterocycles. The maximum atomic E-state index is 12.0. The van der Waals surface area contributed by atoms with Crippen molar-refractivity contribution >= 4 is 5.78 Å². The molecule has 1 N–H and O–H groups in total. The number of carbonyl (C=O) groups excluding carboxylic acids is 1. The summed E-state index contributed by atoms with van der Waals surface area (Å²) in [5, 5.41) is 10.5. The van der Waals surface area contributed by atoms with Crippen LogP contribution in [-0.4, -0.2) is 17.0 Å². The van der Waals surface area contributed by atoms with Gasteiger partial charge in [-0.05, 0) is 85.2 Å². The Kier molecular flexibility index (Phi) is 3.05. The first kappa shape index (κ1) is 14.7. The molecule has 120 valence electrons. The van der Waals surface area contributed by atoms with E-state index in [9.17, 15) is 9.90 Å².